The average Bonchev–Trinajstić information content (AvgIpc) is 2.44. The molecule has 1 amide bonds. The number of amides is 1. The van der Waals surface area contributed by atoms with Crippen molar-refractivity contribution in [3.8, 4) is 5.75 Å². The highest BCUT2D eigenvalue weighted by atomic mass is 16.5. The molecule has 4 heteroatoms. The van der Waals surface area contributed by atoms with Gasteiger partial charge in [0.05, 0.1) is 6.61 Å². The van der Waals surface area contributed by atoms with E-state index in [0.717, 1.165) is 18.7 Å². The highest BCUT2D eigenvalue weighted by Crippen LogP contribution is 2.26. The molecule has 110 valence electrons. The quantitative estimate of drug-likeness (QED) is 0.897. The Bertz CT molecular complexity index is 462. The first-order valence-electron chi connectivity index (χ1n) is 7.33. The Balaban J connectivity index is 2.01. The predicted molar refractivity (Wildman–Crippen MR) is 79.8 cm³/mol. The van der Waals surface area contributed by atoms with Crippen molar-refractivity contribution in [2.75, 3.05) is 20.2 Å². The summed E-state index contributed by atoms with van der Waals surface area (Å²) < 4.78 is 5.68. The van der Waals surface area contributed by atoms with E-state index in [1.165, 1.54) is 5.56 Å². The number of carbonyl (C=O) groups is 1. The molecule has 1 aliphatic heterocycles. The van der Waals surface area contributed by atoms with Gasteiger partial charge in [-0.2, -0.15) is 0 Å². The summed E-state index contributed by atoms with van der Waals surface area (Å²) in [6.45, 7) is 5.59. The molecule has 2 rings (SSSR count). The first kappa shape index (κ1) is 14.9. The van der Waals surface area contributed by atoms with E-state index in [0.29, 0.717) is 19.1 Å². The molecule has 1 fully saturated rings. The lowest BCUT2D eigenvalue weighted by Gasteiger charge is -2.32. The second-order valence-electron chi connectivity index (χ2n) is 5.37. The lowest BCUT2D eigenvalue weighted by Crippen LogP contribution is -2.47. The van der Waals surface area contributed by atoms with Crippen LogP contribution in [0.15, 0.2) is 24.3 Å². The Morgan fingerprint density at radius 1 is 1.45 bits per heavy atom. The van der Waals surface area contributed by atoms with Gasteiger partial charge < -0.3 is 15.0 Å². The number of carbonyl (C=O) groups excluding carboxylic acids is 1. The first-order valence-corrected chi connectivity index (χ1v) is 7.33. The van der Waals surface area contributed by atoms with Gasteiger partial charge in [0.2, 0.25) is 5.91 Å². The Kier molecular flexibility index (Phi) is 5.01. The standard InChI is InChI=1S/C16H24N2O2/c1-4-20-15-8-6-5-7-14(15)12(2)17-13-9-10-16(19)18(3)11-13/h5-8,12-13,17H,4,9-11H2,1-3H3. The van der Waals surface area contributed by atoms with Crippen LogP contribution in [0.5, 0.6) is 5.75 Å². The van der Waals surface area contributed by atoms with Gasteiger partial charge in [0.25, 0.3) is 0 Å². The largest absolute Gasteiger partial charge is 0.494 e. The second-order valence-corrected chi connectivity index (χ2v) is 5.37. The fraction of sp³-hybridized carbons (Fsp3) is 0.562. The lowest BCUT2D eigenvalue weighted by atomic mass is 10.0. The molecule has 1 saturated heterocycles. The highest BCUT2D eigenvalue weighted by Gasteiger charge is 2.24. The summed E-state index contributed by atoms with van der Waals surface area (Å²) in [5.74, 6) is 1.18. The van der Waals surface area contributed by atoms with Gasteiger partial charge in [0.1, 0.15) is 5.75 Å². The number of ether oxygens (including phenoxy) is 1. The molecule has 1 aromatic carbocycles. The number of nitrogens with zero attached hydrogens (tertiary/aromatic N) is 1. The third-order valence-electron chi connectivity index (χ3n) is 3.80. The molecule has 0 aromatic heterocycles. The van der Waals surface area contributed by atoms with Crippen molar-refractivity contribution in [2.24, 2.45) is 0 Å². The van der Waals surface area contributed by atoms with Crippen LogP contribution in [0.1, 0.15) is 38.3 Å². The van der Waals surface area contributed by atoms with Crippen molar-refractivity contribution >= 4 is 5.91 Å². The molecular weight excluding hydrogens is 252 g/mol. The van der Waals surface area contributed by atoms with E-state index in [4.69, 9.17) is 4.74 Å². The second kappa shape index (κ2) is 6.75. The van der Waals surface area contributed by atoms with E-state index in [2.05, 4.69) is 18.3 Å². The van der Waals surface area contributed by atoms with E-state index in [9.17, 15) is 4.79 Å². The molecule has 1 aromatic rings. The highest BCUT2D eigenvalue weighted by molar-refractivity contribution is 5.76. The van der Waals surface area contributed by atoms with Crippen LogP contribution in [-0.4, -0.2) is 37.0 Å². The maximum atomic E-state index is 11.5. The van der Waals surface area contributed by atoms with Crippen molar-refractivity contribution < 1.29 is 9.53 Å². The summed E-state index contributed by atoms with van der Waals surface area (Å²) >= 11 is 0. The van der Waals surface area contributed by atoms with Crippen LogP contribution in [0.4, 0.5) is 0 Å². The number of rotatable bonds is 5. The monoisotopic (exact) mass is 276 g/mol. The number of nitrogens with one attached hydrogen (secondary N) is 1. The van der Waals surface area contributed by atoms with Crippen molar-refractivity contribution in [3.63, 3.8) is 0 Å². The van der Waals surface area contributed by atoms with E-state index in [1.807, 2.05) is 37.1 Å². The first-order chi connectivity index (χ1) is 9.61. The zero-order chi connectivity index (χ0) is 14.5. The number of para-hydroxylation sites is 1. The maximum absolute atomic E-state index is 11.5. The van der Waals surface area contributed by atoms with Gasteiger partial charge in [0, 0.05) is 37.7 Å². The van der Waals surface area contributed by atoms with Crippen LogP contribution in [0.25, 0.3) is 0 Å². The fourth-order valence-electron chi connectivity index (χ4n) is 2.72. The third kappa shape index (κ3) is 3.51. The average molecular weight is 276 g/mol. The summed E-state index contributed by atoms with van der Waals surface area (Å²) in [7, 11) is 1.87. The van der Waals surface area contributed by atoms with Gasteiger partial charge in [-0.05, 0) is 26.3 Å². The summed E-state index contributed by atoms with van der Waals surface area (Å²) in [5.41, 5.74) is 1.17. The Morgan fingerprint density at radius 3 is 2.90 bits per heavy atom. The number of piperidine rings is 1. The molecule has 0 saturated carbocycles. The molecular formula is C16H24N2O2. The van der Waals surface area contributed by atoms with Crippen LogP contribution in [0.2, 0.25) is 0 Å². The van der Waals surface area contributed by atoms with Gasteiger partial charge in [0.15, 0.2) is 0 Å². The van der Waals surface area contributed by atoms with Crippen molar-refractivity contribution in [1.29, 1.82) is 0 Å². The number of hydrogen-bond acceptors (Lipinski definition) is 3. The SMILES string of the molecule is CCOc1ccccc1C(C)NC1CCC(=O)N(C)C1. The zero-order valence-corrected chi connectivity index (χ0v) is 12.6. The van der Waals surface area contributed by atoms with E-state index < -0.39 is 0 Å². The Morgan fingerprint density at radius 2 is 2.20 bits per heavy atom. The van der Waals surface area contributed by atoms with Crippen molar-refractivity contribution in [2.45, 2.75) is 38.8 Å². The van der Waals surface area contributed by atoms with Gasteiger partial charge in [-0.1, -0.05) is 18.2 Å². The number of benzene rings is 1. The number of likely N-dealkylation sites (tertiary alicyclic amines) is 1. The molecule has 1 heterocycles. The molecule has 2 atom stereocenters. The van der Waals surface area contributed by atoms with Crippen LogP contribution < -0.4 is 10.1 Å². The zero-order valence-electron chi connectivity index (χ0n) is 12.6. The van der Waals surface area contributed by atoms with Crippen LogP contribution in [0.3, 0.4) is 0 Å². The van der Waals surface area contributed by atoms with E-state index in [1.54, 1.807) is 0 Å². The third-order valence-corrected chi connectivity index (χ3v) is 3.80. The summed E-state index contributed by atoms with van der Waals surface area (Å²) in [4.78, 5) is 13.3. The topological polar surface area (TPSA) is 41.6 Å². The molecule has 1 aliphatic rings. The molecule has 0 bridgehead atoms. The van der Waals surface area contributed by atoms with Gasteiger partial charge >= 0.3 is 0 Å². The minimum absolute atomic E-state index is 0.212. The van der Waals surface area contributed by atoms with Crippen LogP contribution in [0, 0.1) is 0 Å². The number of likely N-dealkylation sites (N-methyl/N-ethyl adjacent to an activating group) is 1. The molecule has 4 nitrogen and oxygen atoms in total. The summed E-state index contributed by atoms with van der Waals surface area (Å²) in [5, 5.41) is 3.61. The van der Waals surface area contributed by atoms with Crippen LogP contribution in [-0.2, 0) is 4.79 Å². The van der Waals surface area contributed by atoms with Gasteiger partial charge in [-0.3, -0.25) is 4.79 Å². The molecule has 20 heavy (non-hydrogen) atoms. The molecule has 0 aliphatic carbocycles. The van der Waals surface area contributed by atoms with Crippen molar-refractivity contribution in [1.82, 2.24) is 10.2 Å². The molecule has 0 radical (unpaired) electrons. The minimum atomic E-state index is 0.212. The Labute approximate surface area is 121 Å². The predicted octanol–water partition coefficient (Wildman–Crippen LogP) is 2.36. The lowest BCUT2D eigenvalue weighted by molar-refractivity contribution is -0.132. The van der Waals surface area contributed by atoms with Crippen LogP contribution >= 0.6 is 0 Å². The number of hydrogen-bond donors (Lipinski definition) is 1. The molecule has 1 N–H and O–H groups in total. The normalized spacial score (nSPS) is 20.9. The van der Waals surface area contributed by atoms with E-state index >= 15 is 0 Å². The Hall–Kier alpha value is -1.55. The van der Waals surface area contributed by atoms with Gasteiger partial charge in [-0.25, -0.2) is 0 Å². The summed E-state index contributed by atoms with van der Waals surface area (Å²) in [6.07, 6.45) is 1.54. The van der Waals surface area contributed by atoms with E-state index in [-0.39, 0.29) is 11.9 Å². The van der Waals surface area contributed by atoms with Gasteiger partial charge in [-0.15, -0.1) is 0 Å². The molecule has 2 unspecified atom stereocenters. The van der Waals surface area contributed by atoms with Crippen molar-refractivity contribution in [3.05, 3.63) is 29.8 Å². The minimum Gasteiger partial charge on any atom is -0.494 e. The maximum Gasteiger partial charge on any atom is 0.222 e. The fourth-order valence-corrected chi connectivity index (χ4v) is 2.72. The smallest absolute Gasteiger partial charge is 0.222 e. The summed E-state index contributed by atoms with van der Waals surface area (Å²) in [6, 6.07) is 8.70. The molecule has 0 spiro atoms.